The first kappa shape index (κ1) is 15.0. The molecule has 2 aliphatic heterocycles. The second-order valence-electron chi connectivity index (χ2n) is 6.35. The van der Waals surface area contributed by atoms with Gasteiger partial charge >= 0.3 is 0 Å². The molecule has 0 bridgehead atoms. The number of hydrogen-bond donors (Lipinski definition) is 0. The molecule has 0 aromatic heterocycles. The van der Waals surface area contributed by atoms with E-state index in [1.54, 1.807) is 0 Å². The zero-order valence-electron chi connectivity index (χ0n) is 13.0. The van der Waals surface area contributed by atoms with Crippen LogP contribution < -0.4 is 0 Å². The van der Waals surface area contributed by atoms with Crippen LogP contribution in [-0.4, -0.2) is 50.5 Å². The first-order chi connectivity index (χ1) is 10.4. The Morgan fingerprint density at radius 3 is 2.62 bits per heavy atom. The highest BCUT2D eigenvalue weighted by Gasteiger charge is 2.33. The highest BCUT2D eigenvalue weighted by Crippen LogP contribution is 2.27. The monoisotopic (exact) mass is 289 g/mol. The van der Waals surface area contributed by atoms with Gasteiger partial charge in [0.1, 0.15) is 0 Å². The molecule has 0 amide bonds. The summed E-state index contributed by atoms with van der Waals surface area (Å²) >= 11 is 0. The Morgan fingerprint density at radius 1 is 1.14 bits per heavy atom. The van der Waals surface area contributed by atoms with Crippen LogP contribution in [0.25, 0.3) is 0 Å². The van der Waals surface area contributed by atoms with Crippen LogP contribution in [0.4, 0.5) is 0 Å². The predicted octanol–water partition coefficient (Wildman–Crippen LogP) is 2.75. The van der Waals surface area contributed by atoms with Crippen LogP contribution in [0.15, 0.2) is 30.3 Å². The molecule has 116 valence electrons. The zero-order chi connectivity index (χ0) is 14.5. The van der Waals surface area contributed by atoms with E-state index in [2.05, 4.69) is 35.2 Å². The van der Waals surface area contributed by atoms with E-state index in [1.807, 2.05) is 7.11 Å². The van der Waals surface area contributed by atoms with Gasteiger partial charge in [-0.3, -0.25) is 4.90 Å². The predicted molar refractivity (Wildman–Crippen MR) is 84.5 cm³/mol. The first-order valence-corrected chi connectivity index (χ1v) is 8.25. The van der Waals surface area contributed by atoms with E-state index in [4.69, 9.17) is 9.47 Å². The average molecular weight is 289 g/mol. The Bertz CT molecular complexity index is 416. The summed E-state index contributed by atoms with van der Waals surface area (Å²) < 4.78 is 11.3. The molecule has 2 fully saturated rings. The number of rotatable bonds is 4. The maximum atomic E-state index is 5.76. The molecular weight excluding hydrogens is 262 g/mol. The first-order valence-electron chi connectivity index (χ1n) is 8.25. The van der Waals surface area contributed by atoms with Crippen molar-refractivity contribution in [3.05, 3.63) is 35.9 Å². The van der Waals surface area contributed by atoms with Crippen molar-refractivity contribution in [2.75, 3.05) is 33.4 Å². The van der Waals surface area contributed by atoms with Gasteiger partial charge in [0.05, 0.1) is 6.10 Å². The second-order valence-corrected chi connectivity index (χ2v) is 6.35. The van der Waals surface area contributed by atoms with Crippen molar-refractivity contribution in [3.8, 4) is 0 Å². The van der Waals surface area contributed by atoms with E-state index >= 15 is 0 Å². The largest absolute Gasteiger partial charge is 0.381 e. The van der Waals surface area contributed by atoms with Gasteiger partial charge in [0.2, 0.25) is 0 Å². The average Bonchev–Trinajstić information content (AvgIpc) is 2.56. The zero-order valence-corrected chi connectivity index (χ0v) is 13.0. The molecule has 0 unspecified atom stereocenters. The fraction of sp³-hybridized carbons (Fsp3) is 0.667. The topological polar surface area (TPSA) is 21.7 Å². The molecule has 2 aliphatic rings. The summed E-state index contributed by atoms with van der Waals surface area (Å²) in [6, 6.07) is 11.5. The van der Waals surface area contributed by atoms with Crippen molar-refractivity contribution in [2.45, 2.75) is 37.8 Å². The summed E-state index contributed by atoms with van der Waals surface area (Å²) in [5.41, 5.74) is 1.43. The minimum Gasteiger partial charge on any atom is -0.381 e. The van der Waals surface area contributed by atoms with Gasteiger partial charge in [0.25, 0.3) is 0 Å². The molecular formula is C18H27NO2. The minimum atomic E-state index is 0.404. The number of ether oxygens (including phenoxy) is 2. The van der Waals surface area contributed by atoms with Gasteiger partial charge in [0.15, 0.2) is 0 Å². The molecule has 3 heteroatoms. The van der Waals surface area contributed by atoms with Gasteiger partial charge in [-0.05, 0) is 31.2 Å². The van der Waals surface area contributed by atoms with Crippen LogP contribution >= 0.6 is 0 Å². The summed E-state index contributed by atoms with van der Waals surface area (Å²) in [6.07, 6.45) is 5.07. The maximum Gasteiger partial charge on any atom is 0.0627 e. The maximum absolute atomic E-state index is 5.76. The number of hydrogen-bond acceptors (Lipinski definition) is 3. The molecule has 0 radical (unpaired) electrons. The van der Waals surface area contributed by atoms with Crippen molar-refractivity contribution in [3.63, 3.8) is 0 Å². The van der Waals surface area contributed by atoms with Gasteiger partial charge in [-0.25, -0.2) is 0 Å². The lowest BCUT2D eigenvalue weighted by Crippen LogP contribution is -2.50. The molecule has 0 saturated carbocycles. The van der Waals surface area contributed by atoms with Crippen molar-refractivity contribution in [1.29, 1.82) is 0 Å². The lowest BCUT2D eigenvalue weighted by atomic mass is 9.87. The molecule has 3 rings (SSSR count). The fourth-order valence-corrected chi connectivity index (χ4v) is 3.84. The number of methoxy groups -OCH3 is 1. The molecule has 1 aromatic rings. The smallest absolute Gasteiger partial charge is 0.0627 e. The molecule has 0 aliphatic carbocycles. The van der Waals surface area contributed by atoms with Crippen LogP contribution in [0.3, 0.4) is 0 Å². The van der Waals surface area contributed by atoms with E-state index in [-0.39, 0.29) is 0 Å². The molecule has 1 aromatic carbocycles. The SMILES string of the molecule is CO[C@@H]1CCN(C2CCOCC2)C[C@H]1Cc1ccccc1. The lowest BCUT2D eigenvalue weighted by molar-refractivity contribution is -0.0385. The van der Waals surface area contributed by atoms with Crippen molar-refractivity contribution >= 4 is 0 Å². The summed E-state index contributed by atoms with van der Waals surface area (Å²) in [4.78, 5) is 2.69. The normalized spacial score (nSPS) is 28.6. The highest BCUT2D eigenvalue weighted by atomic mass is 16.5. The van der Waals surface area contributed by atoms with Crippen LogP contribution in [0.1, 0.15) is 24.8 Å². The van der Waals surface area contributed by atoms with Crippen LogP contribution in [0.2, 0.25) is 0 Å². The Balaban J connectivity index is 1.64. The van der Waals surface area contributed by atoms with E-state index in [9.17, 15) is 0 Å². The van der Waals surface area contributed by atoms with E-state index < -0.39 is 0 Å². The van der Waals surface area contributed by atoms with Crippen molar-refractivity contribution < 1.29 is 9.47 Å². The van der Waals surface area contributed by atoms with Crippen molar-refractivity contribution in [1.82, 2.24) is 4.90 Å². The summed E-state index contributed by atoms with van der Waals surface area (Å²) in [5.74, 6) is 0.606. The quantitative estimate of drug-likeness (QED) is 0.851. The van der Waals surface area contributed by atoms with Gasteiger partial charge in [-0.15, -0.1) is 0 Å². The van der Waals surface area contributed by atoms with Crippen LogP contribution in [0, 0.1) is 5.92 Å². The molecule has 0 spiro atoms. The third-order valence-electron chi connectivity index (χ3n) is 5.05. The molecule has 2 heterocycles. The number of likely N-dealkylation sites (tertiary alicyclic amines) is 1. The summed E-state index contributed by atoms with van der Waals surface area (Å²) in [6.45, 7) is 4.20. The van der Waals surface area contributed by atoms with Crippen LogP contribution in [-0.2, 0) is 15.9 Å². The number of benzene rings is 1. The highest BCUT2D eigenvalue weighted by molar-refractivity contribution is 5.16. The minimum absolute atomic E-state index is 0.404. The molecule has 0 N–H and O–H groups in total. The summed E-state index contributed by atoms with van der Waals surface area (Å²) in [7, 11) is 1.87. The Labute approximate surface area is 128 Å². The van der Waals surface area contributed by atoms with Crippen molar-refractivity contribution in [2.24, 2.45) is 5.92 Å². The number of piperidine rings is 1. The Morgan fingerprint density at radius 2 is 1.90 bits per heavy atom. The van der Waals surface area contributed by atoms with E-state index in [0.29, 0.717) is 12.0 Å². The molecule has 3 nitrogen and oxygen atoms in total. The van der Waals surface area contributed by atoms with Gasteiger partial charge < -0.3 is 9.47 Å². The molecule has 2 atom stereocenters. The van der Waals surface area contributed by atoms with E-state index in [0.717, 1.165) is 38.6 Å². The summed E-state index contributed by atoms with van der Waals surface area (Å²) in [5, 5.41) is 0. The van der Waals surface area contributed by atoms with Gasteiger partial charge in [-0.2, -0.15) is 0 Å². The Kier molecular flexibility index (Phi) is 5.28. The van der Waals surface area contributed by atoms with Crippen LogP contribution in [0.5, 0.6) is 0 Å². The van der Waals surface area contributed by atoms with Gasteiger partial charge in [-0.1, -0.05) is 30.3 Å². The number of nitrogens with zero attached hydrogens (tertiary/aromatic N) is 1. The standard InChI is InChI=1S/C18H27NO2/c1-20-18-7-10-19(17-8-11-21-12-9-17)14-16(18)13-15-5-3-2-4-6-15/h2-6,16-18H,7-14H2,1H3/t16-,18-/m1/s1. The molecule has 21 heavy (non-hydrogen) atoms. The third-order valence-corrected chi connectivity index (χ3v) is 5.05. The molecule has 2 saturated heterocycles. The fourth-order valence-electron chi connectivity index (χ4n) is 3.84. The second kappa shape index (κ2) is 7.39. The van der Waals surface area contributed by atoms with Gasteiger partial charge in [0, 0.05) is 45.4 Å². The van der Waals surface area contributed by atoms with E-state index in [1.165, 1.54) is 24.9 Å². The third kappa shape index (κ3) is 3.85. The lowest BCUT2D eigenvalue weighted by Gasteiger charge is -2.43. The Hall–Kier alpha value is -0.900.